The molecule has 0 spiro atoms. The highest BCUT2D eigenvalue weighted by Crippen LogP contribution is 2.22. The zero-order valence-corrected chi connectivity index (χ0v) is 13.4. The Labute approximate surface area is 145 Å². The Kier molecular flexibility index (Phi) is 5.99. The first kappa shape index (κ1) is 19.0. The number of ether oxygens (including phenoxy) is 2. The zero-order valence-electron chi connectivity index (χ0n) is 13.4. The average molecular weight is 370 g/mol. The Morgan fingerprint density at radius 1 is 1.19 bits per heavy atom. The standard InChI is InChI=1S/C16H13F3N2O5/c1-10(22)24-9-14-7-6-13(25-14)8-20-21-15(23)11-2-4-12(5-3-11)26-16(17,18)19/h2-8H,9H2,1H3,(H,21,23). The van der Waals surface area contributed by atoms with Gasteiger partial charge >= 0.3 is 12.3 Å². The third-order valence-electron chi connectivity index (χ3n) is 2.81. The molecule has 10 heteroatoms. The van der Waals surface area contributed by atoms with Gasteiger partial charge in [-0.2, -0.15) is 5.10 Å². The van der Waals surface area contributed by atoms with Gasteiger partial charge in [-0.1, -0.05) is 0 Å². The van der Waals surface area contributed by atoms with E-state index < -0.39 is 24.0 Å². The maximum Gasteiger partial charge on any atom is 0.573 e. The first-order valence-electron chi connectivity index (χ1n) is 7.14. The van der Waals surface area contributed by atoms with Crippen molar-refractivity contribution in [3.05, 3.63) is 53.5 Å². The quantitative estimate of drug-likeness (QED) is 0.480. The summed E-state index contributed by atoms with van der Waals surface area (Å²) in [7, 11) is 0. The summed E-state index contributed by atoms with van der Waals surface area (Å²) >= 11 is 0. The molecule has 0 atom stereocenters. The molecule has 0 unspecified atom stereocenters. The molecular weight excluding hydrogens is 357 g/mol. The summed E-state index contributed by atoms with van der Waals surface area (Å²) in [5, 5.41) is 3.67. The van der Waals surface area contributed by atoms with Gasteiger partial charge in [-0.05, 0) is 36.4 Å². The molecule has 1 amide bonds. The summed E-state index contributed by atoms with van der Waals surface area (Å²) in [6.45, 7) is 1.24. The molecule has 0 bridgehead atoms. The van der Waals surface area contributed by atoms with Gasteiger partial charge in [0.15, 0.2) is 0 Å². The summed E-state index contributed by atoms with van der Waals surface area (Å²) in [5.41, 5.74) is 2.29. The summed E-state index contributed by atoms with van der Waals surface area (Å²) < 4.78 is 49.9. The number of carbonyl (C=O) groups is 2. The fourth-order valence-electron chi connectivity index (χ4n) is 1.74. The lowest BCUT2D eigenvalue weighted by atomic mass is 10.2. The van der Waals surface area contributed by atoms with E-state index in [1.54, 1.807) is 12.1 Å². The summed E-state index contributed by atoms with van der Waals surface area (Å²) in [5.74, 6) is -0.815. The minimum atomic E-state index is -4.80. The van der Waals surface area contributed by atoms with Gasteiger partial charge in [0, 0.05) is 12.5 Å². The molecule has 0 aliphatic carbocycles. The lowest BCUT2D eigenvalue weighted by Gasteiger charge is -2.08. The van der Waals surface area contributed by atoms with E-state index in [0.717, 1.165) is 24.3 Å². The van der Waals surface area contributed by atoms with E-state index in [9.17, 15) is 22.8 Å². The van der Waals surface area contributed by atoms with Gasteiger partial charge in [0.05, 0.1) is 6.21 Å². The number of alkyl halides is 3. The van der Waals surface area contributed by atoms with Crippen LogP contribution < -0.4 is 10.2 Å². The zero-order chi connectivity index (χ0) is 19.2. The molecule has 0 radical (unpaired) electrons. The molecule has 1 N–H and O–H groups in total. The van der Waals surface area contributed by atoms with E-state index in [0.29, 0.717) is 11.5 Å². The maximum atomic E-state index is 12.1. The highest BCUT2D eigenvalue weighted by atomic mass is 19.4. The molecule has 0 saturated carbocycles. The van der Waals surface area contributed by atoms with E-state index in [1.165, 1.54) is 13.1 Å². The lowest BCUT2D eigenvalue weighted by Crippen LogP contribution is -2.18. The van der Waals surface area contributed by atoms with Crippen molar-refractivity contribution in [2.75, 3.05) is 0 Å². The van der Waals surface area contributed by atoms with Crippen LogP contribution in [0.5, 0.6) is 5.75 Å². The van der Waals surface area contributed by atoms with Crippen LogP contribution in [0.4, 0.5) is 13.2 Å². The van der Waals surface area contributed by atoms with Crippen LogP contribution in [0.2, 0.25) is 0 Å². The van der Waals surface area contributed by atoms with Crippen LogP contribution in [-0.2, 0) is 16.1 Å². The normalized spacial score (nSPS) is 11.4. The number of amides is 1. The van der Waals surface area contributed by atoms with Gasteiger partial charge < -0.3 is 13.9 Å². The molecule has 1 aromatic carbocycles. The third kappa shape index (κ3) is 6.30. The molecule has 0 fully saturated rings. The number of hydrogen-bond donors (Lipinski definition) is 1. The van der Waals surface area contributed by atoms with Gasteiger partial charge in [0.2, 0.25) is 0 Å². The second kappa shape index (κ2) is 8.19. The van der Waals surface area contributed by atoms with Crippen LogP contribution in [0.15, 0.2) is 45.9 Å². The maximum absolute atomic E-state index is 12.1. The minimum Gasteiger partial charge on any atom is -0.458 e. The van der Waals surface area contributed by atoms with E-state index in [-0.39, 0.29) is 12.2 Å². The molecule has 138 valence electrons. The van der Waals surface area contributed by atoms with Crippen LogP contribution in [-0.4, -0.2) is 24.5 Å². The molecule has 1 aromatic heterocycles. The van der Waals surface area contributed by atoms with Gasteiger partial charge in [0.1, 0.15) is 23.9 Å². The van der Waals surface area contributed by atoms with Crippen LogP contribution in [0.1, 0.15) is 28.8 Å². The van der Waals surface area contributed by atoms with Crippen LogP contribution in [0.25, 0.3) is 0 Å². The van der Waals surface area contributed by atoms with Crippen molar-refractivity contribution < 1.29 is 36.7 Å². The number of halogens is 3. The molecule has 0 aliphatic heterocycles. The number of benzene rings is 1. The predicted octanol–water partition coefficient (Wildman–Crippen LogP) is 3.01. The number of nitrogens with zero attached hydrogens (tertiary/aromatic N) is 1. The van der Waals surface area contributed by atoms with E-state index in [2.05, 4.69) is 15.3 Å². The number of rotatable bonds is 6. The van der Waals surface area contributed by atoms with E-state index >= 15 is 0 Å². The third-order valence-corrected chi connectivity index (χ3v) is 2.81. The molecule has 2 rings (SSSR count). The number of hydrazone groups is 1. The van der Waals surface area contributed by atoms with E-state index in [1.807, 2.05) is 0 Å². The lowest BCUT2D eigenvalue weighted by molar-refractivity contribution is -0.274. The highest BCUT2D eigenvalue weighted by molar-refractivity contribution is 5.94. The predicted molar refractivity (Wildman–Crippen MR) is 82.4 cm³/mol. The van der Waals surface area contributed by atoms with Crippen molar-refractivity contribution in [1.29, 1.82) is 0 Å². The summed E-state index contributed by atoms with van der Waals surface area (Å²) in [6.07, 6.45) is -3.58. The molecule has 0 aliphatic rings. The monoisotopic (exact) mass is 370 g/mol. The molecule has 0 saturated heterocycles. The van der Waals surface area contributed by atoms with Crippen molar-refractivity contribution in [2.45, 2.75) is 19.9 Å². The largest absolute Gasteiger partial charge is 0.573 e. The Bertz CT molecular complexity index is 797. The van der Waals surface area contributed by atoms with Crippen molar-refractivity contribution in [3.63, 3.8) is 0 Å². The Balaban J connectivity index is 1.88. The van der Waals surface area contributed by atoms with Gasteiger partial charge in [-0.15, -0.1) is 13.2 Å². The fourth-order valence-corrected chi connectivity index (χ4v) is 1.74. The summed E-state index contributed by atoms with van der Waals surface area (Å²) in [6, 6.07) is 7.48. The molecule has 2 aromatic rings. The van der Waals surface area contributed by atoms with Crippen molar-refractivity contribution in [3.8, 4) is 5.75 Å². The van der Waals surface area contributed by atoms with Crippen LogP contribution in [0, 0.1) is 0 Å². The molecule has 1 heterocycles. The Hall–Kier alpha value is -3.30. The Morgan fingerprint density at radius 3 is 2.50 bits per heavy atom. The number of nitrogens with one attached hydrogen (secondary N) is 1. The topological polar surface area (TPSA) is 90.1 Å². The SMILES string of the molecule is CC(=O)OCc1ccc(C=NNC(=O)c2ccc(OC(F)(F)F)cc2)o1. The fraction of sp³-hybridized carbons (Fsp3) is 0.188. The van der Waals surface area contributed by atoms with Crippen LogP contribution >= 0.6 is 0 Å². The van der Waals surface area contributed by atoms with Gasteiger partial charge in [-0.25, -0.2) is 5.43 Å². The van der Waals surface area contributed by atoms with Crippen molar-refractivity contribution in [1.82, 2.24) is 5.43 Å². The molecule has 26 heavy (non-hydrogen) atoms. The number of hydrogen-bond acceptors (Lipinski definition) is 6. The van der Waals surface area contributed by atoms with Gasteiger partial charge in [-0.3, -0.25) is 9.59 Å². The minimum absolute atomic E-state index is 0.0259. The first-order valence-corrected chi connectivity index (χ1v) is 7.14. The van der Waals surface area contributed by atoms with Crippen molar-refractivity contribution in [2.24, 2.45) is 5.10 Å². The molecule has 7 nitrogen and oxygen atoms in total. The highest BCUT2D eigenvalue weighted by Gasteiger charge is 2.31. The van der Waals surface area contributed by atoms with Gasteiger partial charge in [0.25, 0.3) is 5.91 Å². The number of carbonyl (C=O) groups excluding carboxylic acids is 2. The second-order valence-electron chi connectivity index (χ2n) is 4.86. The average Bonchev–Trinajstić information content (AvgIpc) is 3.00. The van der Waals surface area contributed by atoms with E-state index in [4.69, 9.17) is 9.15 Å². The smallest absolute Gasteiger partial charge is 0.458 e. The summed E-state index contributed by atoms with van der Waals surface area (Å²) in [4.78, 5) is 22.5. The number of furan rings is 1. The van der Waals surface area contributed by atoms with Crippen LogP contribution in [0.3, 0.4) is 0 Å². The Morgan fingerprint density at radius 2 is 1.88 bits per heavy atom. The molecular formula is C16H13F3N2O5. The number of esters is 1. The second-order valence-corrected chi connectivity index (χ2v) is 4.86. The van der Waals surface area contributed by atoms with Crippen molar-refractivity contribution >= 4 is 18.1 Å². The first-order chi connectivity index (χ1) is 12.2.